The van der Waals surface area contributed by atoms with Crippen molar-refractivity contribution in [3.8, 4) is 11.5 Å². The minimum absolute atomic E-state index is 0.0722. The van der Waals surface area contributed by atoms with Gasteiger partial charge in [-0.25, -0.2) is 0 Å². The van der Waals surface area contributed by atoms with Crippen molar-refractivity contribution in [2.75, 3.05) is 44.4 Å². The van der Waals surface area contributed by atoms with Crippen molar-refractivity contribution in [3.05, 3.63) is 52.1 Å². The van der Waals surface area contributed by atoms with Gasteiger partial charge in [-0.15, -0.1) is 0 Å². The average molecular weight is 369 g/mol. The van der Waals surface area contributed by atoms with Gasteiger partial charge in [0.1, 0.15) is 18.9 Å². The van der Waals surface area contributed by atoms with Gasteiger partial charge >= 0.3 is 0 Å². The molecule has 27 heavy (non-hydrogen) atoms. The lowest BCUT2D eigenvalue weighted by Crippen LogP contribution is -2.36. The Bertz CT molecular complexity index is 878. The first-order valence-corrected chi connectivity index (χ1v) is 8.75. The number of nitro benzene ring substituents is 1. The van der Waals surface area contributed by atoms with E-state index in [9.17, 15) is 10.1 Å². The zero-order valence-electron chi connectivity index (χ0n) is 14.7. The third-order valence-electron chi connectivity index (χ3n) is 4.44. The van der Waals surface area contributed by atoms with Crippen LogP contribution in [0, 0.1) is 10.1 Å². The van der Waals surface area contributed by atoms with E-state index in [2.05, 4.69) is 4.99 Å². The molecule has 1 saturated heterocycles. The number of hydrogen-bond acceptors (Lipinski definition) is 7. The molecule has 1 fully saturated rings. The predicted octanol–water partition coefficient (Wildman–Crippen LogP) is 2.95. The molecule has 0 bridgehead atoms. The minimum Gasteiger partial charge on any atom is -0.486 e. The monoisotopic (exact) mass is 369 g/mol. The van der Waals surface area contributed by atoms with E-state index in [1.165, 1.54) is 0 Å². The van der Waals surface area contributed by atoms with E-state index in [-0.39, 0.29) is 10.6 Å². The number of rotatable bonds is 4. The Morgan fingerprint density at radius 2 is 1.78 bits per heavy atom. The molecule has 2 heterocycles. The highest BCUT2D eigenvalue weighted by Gasteiger charge is 2.21. The van der Waals surface area contributed by atoms with Gasteiger partial charge in [-0.2, -0.15) is 0 Å². The summed E-state index contributed by atoms with van der Waals surface area (Å²) in [5.41, 5.74) is 2.04. The fourth-order valence-corrected chi connectivity index (χ4v) is 3.10. The molecule has 8 heteroatoms. The lowest BCUT2D eigenvalue weighted by Gasteiger charge is -2.28. The number of nitro groups is 1. The Morgan fingerprint density at radius 3 is 2.56 bits per heavy atom. The van der Waals surface area contributed by atoms with Gasteiger partial charge in [0.2, 0.25) is 0 Å². The van der Waals surface area contributed by atoms with Crippen LogP contribution < -0.4 is 14.4 Å². The molecule has 0 amide bonds. The molecule has 2 aliphatic heterocycles. The van der Waals surface area contributed by atoms with Crippen LogP contribution in [0.15, 0.2) is 41.4 Å². The van der Waals surface area contributed by atoms with Crippen molar-refractivity contribution in [2.24, 2.45) is 4.99 Å². The molecule has 0 N–H and O–H groups in total. The first kappa shape index (κ1) is 17.3. The van der Waals surface area contributed by atoms with Crippen LogP contribution in [0.2, 0.25) is 0 Å². The second-order valence-electron chi connectivity index (χ2n) is 6.19. The molecular weight excluding hydrogens is 350 g/mol. The predicted molar refractivity (Wildman–Crippen MR) is 101 cm³/mol. The zero-order valence-corrected chi connectivity index (χ0v) is 14.7. The number of anilines is 1. The molecule has 140 valence electrons. The molecule has 0 atom stereocenters. The number of nitrogens with zero attached hydrogens (tertiary/aromatic N) is 3. The first-order chi connectivity index (χ1) is 13.2. The highest BCUT2D eigenvalue weighted by Crippen LogP contribution is 2.34. The quantitative estimate of drug-likeness (QED) is 0.468. The number of morpholine rings is 1. The van der Waals surface area contributed by atoms with Gasteiger partial charge in [-0.1, -0.05) is 6.07 Å². The molecule has 0 aliphatic carbocycles. The second-order valence-corrected chi connectivity index (χ2v) is 6.19. The van der Waals surface area contributed by atoms with Crippen LogP contribution in [0.5, 0.6) is 11.5 Å². The fraction of sp³-hybridized carbons (Fsp3) is 0.316. The standard InChI is InChI=1S/C19H19N3O5/c23-22(24)17-11-14(1-3-16(17)21-5-7-25-8-6-21)13-20-15-2-4-18-19(12-15)27-10-9-26-18/h1-4,11-13H,5-10H2. The molecular formula is C19H19N3O5. The maximum atomic E-state index is 11.5. The maximum absolute atomic E-state index is 11.5. The summed E-state index contributed by atoms with van der Waals surface area (Å²) in [7, 11) is 0. The van der Waals surface area contributed by atoms with E-state index in [1.54, 1.807) is 24.4 Å². The lowest BCUT2D eigenvalue weighted by molar-refractivity contribution is -0.384. The van der Waals surface area contributed by atoms with Crippen molar-refractivity contribution in [2.45, 2.75) is 0 Å². The molecule has 2 aromatic rings. The smallest absolute Gasteiger partial charge is 0.293 e. The van der Waals surface area contributed by atoms with Crippen molar-refractivity contribution >= 4 is 23.3 Å². The van der Waals surface area contributed by atoms with E-state index in [0.717, 1.165) is 0 Å². The van der Waals surface area contributed by atoms with Crippen molar-refractivity contribution in [1.82, 2.24) is 0 Å². The van der Waals surface area contributed by atoms with Crippen LogP contribution in [0.3, 0.4) is 0 Å². The Hall–Kier alpha value is -3.13. The lowest BCUT2D eigenvalue weighted by atomic mass is 10.1. The zero-order chi connectivity index (χ0) is 18.6. The fourth-order valence-electron chi connectivity index (χ4n) is 3.10. The molecule has 2 aromatic carbocycles. The van der Waals surface area contributed by atoms with Crippen LogP contribution in [0.1, 0.15) is 5.56 Å². The Balaban J connectivity index is 1.57. The number of benzene rings is 2. The van der Waals surface area contributed by atoms with Crippen LogP contribution >= 0.6 is 0 Å². The number of hydrogen-bond donors (Lipinski definition) is 0. The molecule has 4 rings (SSSR count). The summed E-state index contributed by atoms with van der Waals surface area (Å²) in [6.45, 7) is 3.48. The van der Waals surface area contributed by atoms with Gasteiger partial charge < -0.3 is 19.1 Å². The van der Waals surface area contributed by atoms with Gasteiger partial charge in [0.15, 0.2) is 11.5 Å². The number of fused-ring (bicyclic) bond motifs is 1. The topological polar surface area (TPSA) is 86.4 Å². The largest absolute Gasteiger partial charge is 0.486 e. The summed E-state index contributed by atoms with van der Waals surface area (Å²) in [5.74, 6) is 1.36. The van der Waals surface area contributed by atoms with Crippen molar-refractivity contribution in [1.29, 1.82) is 0 Å². The van der Waals surface area contributed by atoms with Gasteiger partial charge in [-0.3, -0.25) is 15.1 Å². The van der Waals surface area contributed by atoms with Crippen LogP contribution in [0.25, 0.3) is 0 Å². The Morgan fingerprint density at radius 1 is 1.00 bits per heavy atom. The molecule has 0 saturated carbocycles. The third-order valence-corrected chi connectivity index (χ3v) is 4.44. The molecule has 0 unspecified atom stereocenters. The van der Waals surface area contributed by atoms with Crippen molar-refractivity contribution < 1.29 is 19.1 Å². The number of aliphatic imine (C=N–C) groups is 1. The summed E-state index contributed by atoms with van der Waals surface area (Å²) in [6, 6.07) is 10.6. The average Bonchev–Trinajstić information content (AvgIpc) is 2.72. The normalized spacial score (nSPS) is 16.5. The molecule has 8 nitrogen and oxygen atoms in total. The van der Waals surface area contributed by atoms with Crippen LogP contribution in [-0.4, -0.2) is 50.7 Å². The minimum atomic E-state index is -0.355. The van der Waals surface area contributed by atoms with Crippen molar-refractivity contribution in [3.63, 3.8) is 0 Å². The SMILES string of the molecule is O=[N+]([O-])c1cc(C=Nc2ccc3c(c2)OCCO3)ccc1N1CCOCC1. The molecule has 0 spiro atoms. The van der Waals surface area contributed by atoms with Crippen LogP contribution in [0.4, 0.5) is 17.1 Å². The molecule has 0 aromatic heterocycles. The summed E-state index contributed by atoms with van der Waals surface area (Å²) in [5, 5.41) is 11.5. The first-order valence-electron chi connectivity index (χ1n) is 8.75. The van der Waals surface area contributed by atoms with Gasteiger partial charge in [0, 0.05) is 31.4 Å². The number of ether oxygens (including phenoxy) is 3. The van der Waals surface area contributed by atoms with Gasteiger partial charge in [0.05, 0.1) is 23.8 Å². The Labute approximate surface area is 156 Å². The third kappa shape index (κ3) is 3.85. The van der Waals surface area contributed by atoms with Gasteiger partial charge in [-0.05, 0) is 23.8 Å². The molecule has 2 aliphatic rings. The highest BCUT2D eigenvalue weighted by molar-refractivity contribution is 5.85. The maximum Gasteiger partial charge on any atom is 0.293 e. The van der Waals surface area contributed by atoms with E-state index >= 15 is 0 Å². The highest BCUT2D eigenvalue weighted by atomic mass is 16.6. The van der Waals surface area contributed by atoms with E-state index in [0.29, 0.717) is 68.0 Å². The van der Waals surface area contributed by atoms with E-state index in [1.807, 2.05) is 23.1 Å². The summed E-state index contributed by atoms with van der Waals surface area (Å²) in [4.78, 5) is 17.6. The second kappa shape index (κ2) is 7.63. The molecule has 0 radical (unpaired) electrons. The Kier molecular flexibility index (Phi) is 4.88. The van der Waals surface area contributed by atoms with E-state index in [4.69, 9.17) is 14.2 Å². The van der Waals surface area contributed by atoms with E-state index < -0.39 is 0 Å². The summed E-state index contributed by atoms with van der Waals surface area (Å²) < 4.78 is 16.4. The summed E-state index contributed by atoms with van der Waals surface area (Å²) >= 11 is 0. The summed E-state index contributed by atoms with van der Waals surface area (Å²) in [6.07, 6.45) is 1.61. The van der Waals surface area contributed by atoms with Crippen LogP contribution in [-0.2, 0) is 4.74 Å². The van der Waals surface area contributed by atoms with Gasteiger partial charge in [0.25, 0.3) is 5.69 Å².